The Kier molecular flexibility index (Phi) is 4.71. The fourth-order valence-corrected chi connectivity index (χ4v) is 3.27. The molecule has 8 heteroatoms. The van der Waals surface area contributed by atoms with Gasteiger partial charge in [-0.05, 0) is 38.3 Å². The van der Waals surface area contributed by atoms with Gasteiger partial charge < -0.3 is 20.3 Å². The summed E-state index contributed by atoms with van der Waals surface area (Å²) < 4.78 is 16.2. The number of aromatic nitrogens is 2. The maximum absolute atomic E-state index is 14.6. The molecule has 0 saturated carbocycles. The molecule has 2 aromatic rings. The number of piperidine rings is 1. The summed E-state index contributed by atoms with van der Waals surface area (Å²) in [5, 5.41) is 9.16. The quantitative estimate of drug-likeness (QED) is 0.867. The van der Waals surface area contributed by atoms with Gasteiger partial charge in [0.25, 0.3) is 0 Å². The van der Waals surface area contributed by atoms with Crippen molar-refractivity contribution in [3.63, 3.8) is 0 Å². The Labute approximate surface area is 143 Å². The number of carboxylic acids is 1. The summed E-state index contributed by atoms with van der Waals surface area (Å²) in [7, 11) is 0. The van der Waals surface area contributed by atoms with Gasteiger partial charge in [-0.2, -0.15) is 0 Å². The van der Waals surface area contributed by atoms with Crippen LogP contribution >= 0.6 is 0 Å². The summed E-state index contributed by atoms with van der Waals surface area (Å²) in [4.78, 5) is 29.8. The lowest BCUT2D eigenvalue weighted by Crippen LogP contribution is -2.37. The first-order chi connectivity index (χ1) is 12.0. The lowest BCUT2D eigenvalue weighted by Gasteiger charge is -2.32. The average molecular weight is 348 g/mol. The Hall–Kier alpha value is -2.48. The van der Waals surface area contributed by atoms with Gasteiger partial charge in [0.2, 0.25) is 5.43 Å². The first kappa shape index (κ1) is 17.3. The van der Waals surface area contributed by atoms with Crippen LogP contribution in [0.2, 0.25) is 0 Å². The highest BCUT2D eigenvalue weighted by Crippen LogP contribution is 2.26. The van der Waals surface area contributed by atoms with E-state index in [0.717, 1.165) is 18.9 Å². The zero-order valence-electron chi connectivity index (χ0n) is 14.0. The van der Waals surface area contributed by atoms with Crippen molar-refractivity contribution < 1.29 is 14.3 Å². The minimum absolute atomic E-state index is 0.0140. The molecule has 0 atom stereocenters. The highest BCUT2D eigenvalue weighted by Gasteiger charge is 2.24. The van der Waals surface area contributed by atoms with Gasteiger partial charge in [0, 0.05) is 25.8 Å². The molecule has 0 aromatic carbocycles. The minimum Gasteiger partial charge on any atom is -0.477 e. The summed E-state index contributed by atoms with van der Waals surface area (Å²) in [5.74, 6) is -1.30. The van der Waals surface area contributed by atoms with Crippen molar-refractivity contribution in [2.24, 2.45) is 11.7 Å². The lowest BCUT2D eigenvalue weighted by molar-refractivity contribution is 0.0695. The van der Waals surface area contributed by atoms with Crippen molar-refractivity contribution in [3.05, 3.63) is 33.9 Å². The zero-order valence-corrected chi connectivity index (χ0v) is 14.0. The van der Waals surface area contributed by atoms with E-state index >= 15 is 0 Å². The van der Waals surface area contributed by atoms with Gasteiger partial charge in [-0.3, -0.25) is 4.79 Å². The van der Waals surface area contributed by atoms with Crippen molar-refractivity contribution in [3.8, 4) is 0 Å². The number of pyridine rings is 2. The van der Waals surface area contributed by atoms with Crippen LogP contribution in [0, 0.1) is 11.7 Å². The van der Waals surface area contributed by atoms with E-state index in [4.69, 9.17) is 5.73 Å². The molecule has 7 nitrogen and oxygen atoms in total. The highest BCUT2D eigenvalue weighted by molar-refractivity contribution is 5.92. The van der Waals surface area contributed by atoms with Gasteiger partial charge in [0.05, 0.1) is 5.39 Å². The fourth-order valence-electron chi connectivity index (χ4n) is 3.27. The van der Waals surface area contributed by atoms with Crippen LogP contribution < -0.4 is 16.1 Å². The third-order valence-electron chi connectivity index (χ3n) is 4.80. The van der Waals surface area contributed by atoms with Crippen LogP contribution in [0.5, 0.6) is 0 Å². The van der Waals surface area contributed by atoms with E-state index in [0.29, 0.717) is 37.7 Å². The maximum atomic E-state index is 14.6. The summed E-state index contributed by atoms with van der Waals surface area (Å²) in [5.41, 5.74) is 4.89. The lowest BCUT2D eigenvalue weighted by atomic mass is 9.97. The van der Waals surface area contributed by atoms with Gasteiger partial charge in [-0.15, -0.1) is 0 Å². The molecule has 0 aliphatic carbocycles. The number of nitrogens with zero attached hydrogens (tertiary/aromatic N) is 3. The first-order valence-corrected chi connectivity index (χ1v) is 8.38. The Morgan fingerprint density at radius 2 is 2.12 bits per heavy atom. The number of hydrogen-bond acceptors (Lipinski definition) is 5. The van der Waals surface area contributed by atoms with Crippen molar-refractivity contribution >= 4 is 22.8 Å². The Balaban J connectivity index is 2.11. The van der Waals surface area contributed by atoms with E-state index in [1.807, 2.05) is 11.8 Å². The SMILES string of the molecule is CCn1cc(C(=O)O)c(=O)c2cc(F)c(N3CCC(CN)CC3)nc21. The smallest absolute Gasteiger partial charge is 0.341 e. The van der Waals surface area contributed by atoms with Crippen molar-refractivity contribution in [1.29, 1.82) is 0 Å². The standard InChI is InChI=1S/C17H21FN4O3/c1-2-21-9-12(17(24)25)14(23)11-7-13(18)16(20-15(11)21)22-5-3-10(8-19)4-6-22/h7,9-10H,2-6,8,19H2,1H3,(H,24,25). The predicted octanol–water partition coefficient (Wildman–Crippen LogP) is 1.43. The van der Waals surface area contributed by atoms with Crippen LogP contribution in [0.3, 0.4) is 0 Å². The average Bonchev–Trinajstić information content (AvgIpc) is 2.62. The van der Waals surface area contributed by atoms with Crippen LogP contribution in [0.25, 0.3) is 11.0 Å². The third kappa shape index (κ3) is 3.09. The molecule has 0 bridgehead atoms. The molecule has 0 radical (unpaired) electrons. The second kappa shape index (κ2) is 6.79. The van der Waals surface area contributed by atoms with Crippen LogP contribution in [0.1, 0.15) is 30.1 Å². The van der Waals surface area contributed by atoms with Gasteiger partial charge in [0.1, 0.15) is 11.2 Å². The molecule has 1 aliphatic rings. The number of anilines is 1. The number of halogens is 1. The molecule has 0 spiro atoms. The first-order valence-electron chi connectivity index (χ1n) is 8.38. The molecule has 1 fully saturated rings. The van der Waals surface area contributed by atoms with Gasteiger partial charge in [-0.1, -0.05) is 0 Å². The van der Waals surface area contributed by atoms with Crippen molar-refractivity contribution in [2.75, 3.05) is 24.5 Å². The Morgan fingerprint density at radius 1 is 1.44 bits per heavy atom. The summed E-state index contributed by atoms with van der Waals surface area (Å²) in [6.07, 6.45) is 3.00. The number of carbonyl (C=O) groups is 1. The molecule has 1 saturated heterocycles. The molecule has 2 aromatic heterocycles. The van der Waals surface area contributed by atoms with E-state index in [1.165, 1.54) is 6.20 Å². The molecular weight excluding hydrogens is 327 g/mol. The van der Waals surface area contributed by atoms with Crippen LogP contribution in [0.15, 0.2) is 17.1 Å². The van der Waals surface area contributed by atoms with Crippen molar-refractivity contribution in [1.82, 2.24) is 9.55 Å². The number of nitrogens with two attached hydrogens (primary N) is 1. The number of aryl methyl sites for hydroxylation is 1. The predicted molar refractivity (Wildman–Crippen MR) is 92.6 cm³/mol. The zero-order chi connectivity index (χ0) is 18.1. The van der Waals surface area contributed by atoms with Crippen LogP contribution in [0.4, 0.5) is 10.2 Å². The monoisotopic (exact) mass is 348 g/mol. The molecule has 3 heterocycles. The molecule has 3 rings (SSSR count). The van der Waals surface area contributed by atoms with Gasteiger partial charge in [0.15, 0.2) is 11.6 Å². The van der Waals surface area contributed by atoms with E-state index < -0.39 is 17.2 Å². The molecule has 134 valence electrons. The minimum atomic E-state index is -1.33. The largest absolute Gasteiger partial charge is 0.477 e. The molecular formula is C17H21FN4O3. The van der Waals surface area contributed by atoms with E-state index in [1.54, 1.807) is 4.57 Å². The normalized spacial score (nSPS) is 15.7. The molecule has 3 N–H and O–H groups in total. The van der Waals surface area contributed by atoms with Crippen LogP contribution in [-0.2, 0) is 6.54 Å². The Morgan fingerprint density at radius 3 is 2.68 bits per heavy atom. The second-order valence-electron chi connectivity index (χ2n) is 6.29. The maximum Gasteiger partial charge on any atom is 0.341 e. The molecule has 0 amide bonds. The molecule has 25 heavy (non-hydrogen) atoms. The van der Waals surface area contributed by atoms with E-state index in [9.17, 15) is 19.1 Å². The molecule has 1 aliphatic heterocycles. The summed E-state index contributed by atoms with van der Waals surface area (Å²) >= 11 is 0. The number of rotatable bonds is 4. The summed E-state index contributed by atoms with van der Waals surface area (Å²) in [6.45, 7) is 4.16. The number of fused-ring (bicyclic) bond motifs is 1. The number of carboxylic acid groups (broad SMARTS) is 1. The summed E-state index contributed by atoms with van der Waals surface area (Å²) in [6, 6.07) is 1.10. The third-order valence-corrected chi connectivity index (χ3v) is 4.80. The second-order valence-corrected chi connectivity index (χ2v) is 6.29. The van der Waals surface area contributed by atoms with Crippen LogP contribution in [-0.4, -0.2) is 40.3 Å². The van der Waals surface area contributed by atoms with E-state index in [2.05, 4.69) is 4.98 Å². The topological polar surface area (TPSA) is 101 Å². The van der Waals surface area contributed by atoms with E-state index in [-0.39, 0.29) is 16.8 Å². The van der Waals surface area contributed by atoms with Gasteiger partial charge >= 0.3 is 5.97 Å². The fraction of sp³-hybridized carbons (Fsp3) is 0.471. The number of aromatic carboxylic acids is 1. The van der Waals surface area contributed by atoms with Gasteiger partial charge in [-0.25, -0.2) is 14.2 Å². The van der Waals surface area contributed by atoms with Crippen molar-refractivity contribution in [2.45, 2.75) is 26.3 Å². The molecule has 0 unspecified atom stereocenters. The number of hydrogen-bond donors (Lipinski definition) is 2. The highest BCUT2D eigenvalue weighted by atomic mass is 19.1. The Bertz CT molecular complexity index is 872.